The van der Waals surface area contributed by atoms with Crippen molar-refractivity contribution in [2.45, 2.75) is 16.2 Å². The van der Waals surface area contributed by atoms with Crippen molar-refractivity contribution in [3.05, 3.63) is 443 Å². The van der Waals surface area contributed by atoms with Gasteiger partial charge in [-0.1, -0.05) is 322 Å². The summed E-state index contributed by atoms with van der Waals surface area (Å²) < 4.78 is 2.57. The molecule has 2 aliphatic heterocycles. The van der Waals surface area contributed by atoms with E-state index in [1.54, 1.807) is 0 Å². The minimum atomic E-state index is -0.723. The monoisotopic (exact) mass is 1380 g/mol. The van der Waals surface area contributed by atoms with Gasteiger partial charge >= 0.3 is 0 Å². The van der Waals surface area contributed by atoms with E-state index in [-0.39, 0.29) is 6.71 Å². The molecule has 17 aromatic carbocycles. The van der Waals surface area contributed by atoms with E-state index in [2.05, 4.69) is 390 Å². The molecule has 0 radical (unpaired) electrons. The molecular formula is C105H62BN3. The summed E-state index contributed by atoms with van der Waals surface area (Å²) in [7, 11) is 0. The van der Waals surface area contributed by atoms with Gasteiger partial charge in [-0.3, -0.25) is 0 Å². The van der Waals surface area contributed by atoms with Crippen LogP contribution in [0.15, 0.2) is 376 Å². The molecule has 3 heterocycles. The van der Waals surface area contributed by atoms with Crippen LogP contribution in [-0.2, 0) is 16.2 Å². The molecule has 0 saturated carbocycles. The third kappa shape index (κ3) is 6.92. The van der Waals surface area contributed by atoms with Crippen LogP contribution in [0, 0.1) is 0 Å². The number of aromatic nitrogens is 1. The highest BCUT2D eigenvalue weighted by Crippen LogP contribution is 2.69. The molecule has 0 amide bonds. The van der Waals surface area contributed by atoms with Crippen LogP contribution in [0.25, 0.3) is 105 Å². The highest BCUT2D eigenvalue weighted by atomic mass is 15.2. The lowest BCUT2D eigenvalue weighted by Crippen LogP contribution is -2.63. The number of hydrogen-bond donors (Lipinski definition) is 0. The lowest BCUT2D eigenvalue weighted by molar-refractivity contribution is 0.793. The summed E-state index contributed by atoms with van der Waals surface area (Å²) in [6, 6.07) is 146. The number of benzene rings is 17. The van der Waals surface area contributed by atoms with E-state index in [0.717, 1.165) is 39.5 Å². The van der Waals surface area contributed by atoms with Crippen molar-refractivity contribution in [1.82, 2.24) is 4.57 Å². The van der Waals surface area contributed by atoms with Gasteiger partial charge in [-0.2, -0.15) is 0 Å². The molecule has 0 bridgehead atoms. The van der Waals surface area contributed by atoms with Crippen LogP contribution in [0.4, 0.5) is 34.1 Å². The number of rotatable bonds is 4. The molecule has 8 aliphatic rings. The lowest BCUT2D eigenvalue weighted by Gasteiger charge is -2.48. The first-order valence-corrected chi connectivity index (χ1v) is 38.4. The first kappa shape index (κ1) is 58.5. The number of nitrogens with zero attached hydrogens (tertiary/aromatic N) is 3. The fourth-order valence-corrected chi connectivity index (χ4v) is 22.9. The van der Waals surface area contributed by atoms with Gasteiger partial charge in [-0.15, -0.1) is 0 Å². The molecule has 0 fully saturated rings. The van der Waals surface area contributed by atoms with Crippen LogP contribution in [0.3, 0.4) is 0 Å². The summed E-state index contributed by atoms with van der Waals surface area (Å²) in [4.78, 5) is 5.51. The molecule has 0 unspecified atom stereocenters. The fraction of sp³-hybridized carbons (Fsp3) is 0.0286. The maximum atomic E-state index is 2.77. The summed E-state index contributed by atoms with van der Waals surface area (Å²) in [6.07, 6.45) is 0. The number of anilines is 6. The first-order valence-electron chi connectivity index (χ1n) is 38.4. The zero-order chi connectivity index (χ0) is 70.7. The van der Waals surface area contributed by atoms with Crippen LogP contribution < -0.4 is 26.2 Å². The Morgan fingerprint density at radius 3 is 1.06 bits per heavy atom. The summed E-state index contributed by atoms with van der Waals surface area (Å²) >= 11 is 0. The average Bonchev–Trinajstić information content (AvgIpc) is 1.54. The van der Waals surface area contributed by atoms with Crippen molar-refractivity contribution in [1.29, 1.82) is 0 Å². The van der Waals surface area contributed by atoms with E-state index >= 15 is 0 Å². The second-order valence-electron chi connectivity index (χ2n) is 31.0. The van der Waals surface area contributed by atoms with E-state index in [0.29, 0.717) is 0 Å². The van der Waals surface area contributed by atoms with Crippen LogP contribution in [0.2, 0.25) is 0 Å². The Balaban J connectivity index is 0.857. The highest BCUT2D eigenvalue weighted by Gasteiger charge is 2.60. The van der Waals surface area contributed by atoms with E-state index < -0.39 is 16.2 Å². The molecule has 0 atom stereocenters. The van der Waals surface area contributed by atoms with E-state index in [1.165, 1.54) is 183 Å². The Morgan fingerprint density at radius 2 is 0.569 bits per heavy atom. The van der Waals surface area contributed by atoms with Gasteiger partial charge in [0.15, 0.2) is 0 Å². The van der Waals surface area contributed by atoms with Crippen LogP contribution in [0.1, 0.15) is 66.8 Å². The predicted octanol–water partition coefficient (Wildman–Crippen LogP) is 23.6. The molecule has 26 rings (SSSR count). The smallest absolute Gasteiger partial charge is 0.252 e. The second kappa shape index (κ2) is 20.8. The summed E-state index contributed by atoms with van der Waals surface area (Å²) in [5.41, 5.74) is 45.8. The fourth-order valence-electron chi connectivity index (χ4n) is 22.9. The van der Waals surface area contributed by atoms with E-state index in [1.807, 2.05) is 0 Å². The first-order chi connectivity index (χ1) is 54.1. The van der Waals surface area contributed by atoms with E-state index in [9.17, 15) is 0 Å². The Kier molecular flexibility index (Phi) is 11.2. The normalized spacial score (nSPS) is 15.0. The summed E-state index contributed by atoms with van der Waals surface area (Å²) in [5.74, 6) is 0. The molecule has 6 aliphatic carbocycles. The van der Waals surface area contributed by atoms with Crippen molar-refractivity contribution >= 4 is 79.0 Å². The molecule has 500 valence electrons. The Morgan fingerprint density at radius 1 is 0.211 bits per heavy atom. The third-order valence-corrected chi connectivity index (χ3v) is 26.6. The topological polar surface area (TPSA) is 11.4 Å². The lowest BCUT2D eigenvalue weighted by atomic mass is 9.31. The molecule has 18 aromatic rings. The minimum Gasteiger partial charge on any atom is -0.311 e. The van der Waals surface area contributed by atoms with Crippen LogP contribution in [0.5, 0.6) is 0 Å². The van der Waals surface area contributed by atoms with Gasteiger partial charge in [0.05, 0.1) is 33.0 Å². The van der Waals surface area contributed by atoms with Gasteiger partial charge in [0.2, 0.25) is 0 Å². The van der Waals surface area contributed by atoms with Crippen molar-refractivity contribution < 1.29 is 0 Å². The number of hydrogen-bond acceptors (Lipinski definition) is 2. The predicted molar refractivity (Wildman–Crippen MR) is 449 cm³/mol. The SMILES string of the molecule is c1ccc(-c2ccc(N3c4cc(-n5c6ccccc6c6ccccc65)cc5c4B(c4ccc6c(c43)C3(c4ccccc4-c4ccccc43)c3ccccc3-6)c3c(ccc4c3C3(c6ccccc6-c6ccccc63)c3ccccc3-4)N5c3ccc4c(c3)-c3ccccc3C43c4ccccc4-c4ccccc43)cc2)cc1. The Labute approximate surface area is 631 Å². The average molecular weight is 1380 g/mol. The number of fused-ring (bicyclic) bond motifs is 39. The van der Waals surface area contributed by atoms with Gasteiger partial charge in [0.1, 0.15) is 0 Å². The molecular weight excluding hydrogens is 1310 g/mol. The van der Waals surface area contributed by atoms with Crippen molar-refractivity contribution in [2.24, 2.45) is 0 Å². The van der Waals surface area contributed by atoms with Gasteiger partial charge in [-0.25, -0.2) is 0 Å². The zero-order valence-corrected chi connectivity index (χ0v) is 59.2. The van der Waals surface area contributed by atoms with Crippen LogP contribution in [-0.4, -0.2) is 11.3 Å². The molecule has 3 nitrogen and oxygen atoms in total. The largest absolute Gasteiger partial charge is 0.311 e. The van der Waals surface area contributed by atoms with Crippen molar-refractivity contribution in [2.75, 3.05) is 9.80 Å². The van der Waals surface area contributed by atoms with Gasteiger partial charge in [0.25, 0.3) is 6.71 Å². The van der Waals surface area contributed by atoms with Gasteiger partial charge in [-0.05, 0) is 210 Å². The quantitative estimate of drug-likeness (QED) is 0.163. The van der Waals surface area contributed by atoms with Gasteiger partial charge in [0, 0.05) is 50.5 Å². The standard InChI is InChI=1S/C105H62BN3/c1-2-26-63(27-3-1)64-50-52-65(53-51-64)109-97-62-67(108-93-48-24-13-37-77(93)78-38-14-25-49-94(78)108)61-96-100(97)106(92-58-55-80-75-35-11-23-47-90(75)105(99(80)102(92)109)87-44-20-8-32-72(87)73-33-9-21-45-88(73)105)101-95(59-56-79-74-34-10-22-46-89(74)104(98(79)101)85-42-18-6-30-70(85)71-31-7-19-43-86(71)104)107(96)66-54-57-91-81(60-66)76-36-12-17-41-84(76)103(91)82-39-15-4-28-68(82)69-29-5-16-40-83(69)103/h1-62H. The van der Waals surface area contributed by atoms with Crippen molar-refractivity contribution in [3.63, 3.8) is 0 Å². The molecule has 3 spiro atoms. The molecule has 1 aromatic heterocycles. The molecule has 109 heavy (non-hydrogen) atoms. The maximum Gasteiger partial charge on any atom is 0.252 e. The molecule has 0 saturated heterocycles. The molecule has 0 N–H and O–H groups in total. The summed E-state index contributed by atoms with van der Waals surface area (Å²) in [5, 5.41) is 2.44. The Hall–Kier alpha value is -13.8. The minimum absolute atomic E-state index is 0.331. The second-order valence-corrected chi connectivity index (χ2v) is 31.0. The zero-order valence-electron chi connectivity index (χ0n) is 59.2. The number of para-hydroxylation sites is 2. The summed E-state index contributed by atoms with van der Waals surface area (Å²) in [6.45, 7) is -0.331. The van der Waals surface area contributed by atoms with E-state index in [4.69, 9.17) is 0 Å². The van der Waals surface area contributed by atoms with Gasteiger partial charge < -0.3 is 14.4 Å². The van der Waals surface area contributed by atoms with Crippen LogP contribution >= 0.6 is 0 Å². The molecule has 4 heteroatoms. The third-order valence-electron chi connectivity index (χ3n) is 26.6. The Bertz CT molecular complexity index is 6930. The maximum absolute atomic E-state index is 2.77. The van der Waals surface area contributed by atoms with Crippen molar-refractivity contribution in [3.8, 4) is 83.6 Å². The highest BCUT2D eigenvalue weighted by molar-refractivity contribution is 7.01.